The van der Waals surface area contributed by atoms with Crippen LogP contribution in [0.2, 0.25) is 0 Å². The van der Waals surface area contributed by atoms with Gasteiger partial charge in [0.05, 0.1) is 5.69 Å². The summed E-state index contributed by atoms with van der Waals surface area (Å²) in [7, 11) is 0. The Morgan fingerprint density at radius 3 is 2.54 bits per heavy atom. The van der Waals surface area contributed by atoms with E-state index in [2.05, 4.69) is 84.5 Å². The quantitative estimate of drug-likeness (QED) is 0.492. The van der Waals surface area contributed by atoms with Crippen LogP contribution in [0.3, 0.4) is 0 Å². The van der Waals surface area contributed by atoms with E-state index in [1.54, 1.807) is 11.3 Å². The van der Waals surface area contributed by atoms with Crippen molar-refractivity contribution >= 4 is 27.4 Å². The molecule has 26 heavy (non-hydrogen) atoms. The van der Waals surface area contributed by atoms with Crippen molar-refractivity contribution in [3.8, 4) is 0 Å². The Labute approximate surface area is 158 Å². The molecule has 0 saturated heterocycles. The molecule has 0 aliphatic rings. The first-order chi connectivity index (χ1) is 12.7. The van der Waals surface area contributed by atoms with Gasteiger partial charge >= 0.3 is 0 Å². The molecular formula is C22H23N3S. The predicted molar refractivity (Wildman–Crippen MR) is 111 cm³/mol. The largest absolute Gasteiger partial charge is 0.361 e. The molecule has 2 aromatic carbocycles. The average Bonchev–Trinajstić information content (AvgIpc) is 3.23. The Bertz CT molecular complexity index is 981. The summed E-state index contributed by atoms with van der Waals surface area (Å²) < 4.78 is 0. The van der Waals surface area contributed by atoms with Crippen LogP contribution in [0.5, 0.6) is 0 Å². The van der Waals surface area contributed by atoms with E-state index in [1.165, 1.54) is 26.9 Å². The van der Waals surface area contributed by atoms with Crippen molar-refractivity contribution < 1.29 is 0 Å². The Hall–Kier alpha value is -2.59. The SMILES string of the molecule is Cc1nc(N(CCc2c[nH]c3ccccc23)Cc2ccccc2)sc1C. The summed E-state index contributed by atoms with van der Waals surface area (Å²) >= 11 is 1.79. The number of para-hydroxylation sites is 1. The average molecular weight is 362 g/mol. The minimum Gasteiger partial charge on any atom is -0.361 e. The lowest BCUT2D eigenvalue weighted by molar-refractivity contribution is 0.779. The van der Waals surface area contributed by atoms with Crippen LogP contribution in [-0.2, 0) is 13.0 Å². The molecule has 132 valence electrons. The van der Waals surface area contributed by atoms with Crippen molar-refractivity contribution in [2.45, 2.75) is 26.8 Å². The van der Waals surface area contributed by atoms with E-state index in [-0.39, 0.29) is 0 Å². The van der Waals surface area contributed by atoms with Gasteiger partial charge in [0.15, 0.2) is 5.13 Å². The number of rotatable bonds is 6. The summed E-state index contributed by atoms with van der Waals surface area (Å²) in [6.45, 7) is 6.07. The maximum atomic E-state index is 4.81. The second-order valence-corrected chi connectivity index (χ2v) is 7.84. The van der Waals surface area contributed by atoms with Crippen LogP contribution in [0.1, 0.15) is 21.7 Å². The smallest absolute Gasteiger partial charge is 0.186 e. The maximum absolute atomic E-state index is 4.81. The molecule has 0 saturated carbocycles. The third kappa shape index (κ3) is 3.51. The lowest BCUT2D eigenvalue weighted by atomic mass is 10.1. The van der Waals surface area contributed by atoms with Gasteiger partial charge in [-0.25, -0.2) is 4.98 Å². The molecule has 0 radical (unpaired) electrons. The molecule has 0 aliphatic carbocycles. The minimum atomic E-state index is 0.885. The van der Waals surface area contributed by atoms with Crippen LogP contribution in [0.25, 0.3) is 10.9 Å². The number of aromatic amines is 1. The molecule has 0 fully saturated rings. The van der Waals surface area contributed by atoms with Crippen LogP contribution in [0.15, 0.2) is 60.8 Å². The second kappa shape index (κ2) is 7.34. The number of benzene rings is 2. The summed E-state index contributed by atoms with van der Waals surface area (Å²) in [5, 5.41) is 2.43. The fourth-order valence-corrected chi connectivity index (χ4v) is 4.17. The molecule has 4 rings (SSSR count). The maximum Gasteiger partial charge on any atom is 0.186 e. The fourth-order valence-electron chi connectivity index (χ4n) is 3.23. The van der Waals surface area contributed by atoms with Crippen LogP contribution in [0.4, 0.5) is 5.13 Å². The first-order valence-electron chi connectivity index (χ1n) is 8.98. The van der Waals surface area contributed by atoms with Gasteiger partial charge in [-0.2, -0.15) is 0 Å². The van der Waals surface area contributed by atoms with Crippen molar-refractivity contribution in [3.05, 3.63) is 82.5 Å². The molecule has 2 aromatic heterocycles. The number of aromatic nitrogens is 2. The number of hydrogen-bond donors (Lipinski definition) is 1. The topological polar surface area (TPSA) is 31.9 Å². The Kier molecular flexibility index (Phi) is 4.76. The van der Waals surface area contributed by atoms with Gasteiger partial charge < -0.3 is 9.88 Å². The highest BCUT2D eigenvalue weighted by Gasteiger charge is 2.14. The number of anilines is 1. The monoisotopic (exact) mass is 361 g/mol. The molecule has 0 amide bonds. The molecule has 0 bridgehead atoms. The lowest BCUT2D eigenvalue weighted by Crippen LogP contribution is -2.25. The molecule has 4 heteroatoms. The van der Waals surface area contributed by atoms with Gasteiger partial charge in [-0.1, -0.05) is 48.5 Å². The zero-order valence-corrected chi connectivity index (χ0v) is 16.0. The van der Waals surface area contributed by atoms with Crippen molar-refractivity contribution in [2.24, 2.45) is 0 Å². The number of fused-ring (bicyclic) bond motifs is 1. The highest BCUT2D eigenvalue weighted by Crippen LogP contribution is 2.27. The molecule has 3 nitrogen and oxygen atoms in total. The van der Waals surface area contributed by atoms with Crippen LogP contribution >= 0.6 is 11.3 Å². The van der Waals surface area contributed by atoms with E-state index in [4.69, 9.17) is 4.98 Å². The normalized spacial score (nSPS) is 11.2. The van der Waals surface area contributed by atoms with E-state index in [0.717, 1.165) is 30.3 Å². The van der Waals surface area contributed by atoms with Gasteiger partial charge in [0, 0.05) is 35.1 Å². The number of aryl methyl sites for hydroxylation is 2. The molecule has 0 atom stereocenters. The number of thiazole rings is 1. The van der Waals surface area contributed by atoms with Gasteiger partial charge in [-0.3, -0.25) is 0 Å². The van der Waals surface area contributed by atoms with Crippen LogP contribution < -0.4 is 4.90 Å². The van der Waals surface area contributed by atoms with Crippen molar-refractivity contribution in [3.63, 3.8) is 0 Å². The van der Waals surface area contributed by atoms with E-state index in [9.17, 15) is 0 Å². The Morgan fingerprint density at radius 2 is 1.77 bits per heavy atom. The summed E-state index contributed by atoms with van der Waals surface area (Å²) in [4.78, 5) is 11.9. The third-order valence-electron chi connectivity index (χ3n) is 4.83. The highest BCUT2D eigenvalue weighted by molar-refractivity contribution is 7.15. The summed E-state index contributed by atoms with van der Waals surface area (Å²) in [5.74, 6) is 0. The van der Waals surface area contributed by atoms with Gasteiger partial charge in [-0.05, 0) is 37.5 Å². The standard InChI is InChI=1S/C22H23N3S/c1-16-17(2)26-22(24-16)25(15-18-8-4-3-5-9-18)13-12-19-14-23-21-11-7-6-10-20(19)21/h3-11,14,23H,12-13,15H2,1-2H3. The van der Waals surface area contributed by atoms with Crippen molar-refractivity contribution in [1.82, 2.24) is 9.97 Å². The first-order valence-corrected chi connectivity index (χ1v) is 9.80. The number of nitrogens with one attached hydrogen (secondary N) is 1. The Morgan fingerprint density at radius 1 is 1.00 bits per heavy atom. The molecular weight excluding hydrogens is 338 g/mol. The van der Waals surface area contributed by atoms with Crippen molar-refractivity contribution in [1.29, 1.82) is 0 Å². The zero-order chi connectivity index (χ0) is 17.9. The fraction of sp³-hybridized carbons (Fsp3) is 0.227. The second-order valence-electron chi connectivity index (χ2n) is 6.65. The van der Waals surface area contributed by atoms with Gasteiger partial charge in [0.2, 0.25) is 0 Å². The predicted octanol–water partition coefficient (Wildman–Crippen LogP) is 5.49. The number of H-pyrrole nitrogens is 1. The molecule has 1 N–H and O–H groups in total. The molecule has 4 aromatic rings. The number of nitrogens with zero attached hydrogens (tertiary/aromatic N) is 2. The Balaban J connectivity index is 1.58. The lowest BCUT2D eigenvalue weighted by Gasteiger charge is -2.22. The zero-order valence-electron chi connectivity index (χ0n) is 15.2. The third-order valence-corrected chi connectivity index (χ3v) is 5.96. The summed E-state index contributed by atoms with van der Waals surface area (Å²) in [5.41, 5.74) is 5.02. The van der Waals surface area contributed by atoms with E-state index < -0.39 is 0 Å². The number of hydrogen-bond acceptors (Lipinski definition) is 3. The van der Waals surface area contributed by atoms with Gasteiger partial charge in [0.25, 0.3) is 0 Å². The molecule has 0 spiro atoms. The molecule has 0 aliphatic heterocycles. The summed E-state index contributed by atoms with van der Waals surface area (Å²) in [6, 6.07) is 19.2. The van der Waals surface area contributed by atoms with E-state index in [1.807, 2.05) is 0 Å². The summed E-state index contributed by atoms with van der Waals surface area (Å²) in [6.07, 6.45) is 3.14. The van der Waals surface area contributed by atoms with E-state index in [0.29, 0.717) is 0 Å². The van der Waals surface area contributed by atoms with Crippen molar-refractivity contribution in [2.75, 3.05) is 11.4 Å². The van der Waals surface area contributed by atoms with Crippen LogP contribution in [0, 0.1) is 13.8 Å². The molecule has 0 unspecified atom stereocenters. The first kappa shape index (κ1) is 16.9. The van der Waals surface area contributed by atoms with Gasteiger partial charge in [-0.15, -0.1) is 11.3 Å². The minimum absolute atomic E-state index is 0.885. The van der Waals surface area contributed by atoms with Gasteiger partial charge in [0.1, 0.15) is 0 Å². The molecule has 2 heterocycles. The van der Waals surface area contributed by atoms with E-state index >= 15 is 0 Å². The van der Waals surface area contributed by atoms with Crippen LogP contribution in [-0.4, -0.2) is 16.5 Å². The highest BCUT2D eigenvalue weighted by atomic mass is 32.1.